The van der Waals surface area contributed by atoms with E-state index in [1.54, 1.807) is 6.92 Å². The predicted molar refractivity (Wildman–Crippen MR) is 96.2 cm³/mol. The van der Waals surface area contributed by atoms with Crippen LogP contribution in [0.15, 0.2) is 12.2 Å². The van der Waals surface area contributed by atoms with Crippen LogP contribution in [0.5, 0.6) is 0 Å². The highest BCUT2D eigenvalue weighted by Gasteiger charge is 2.71. The zero-order valence-corrected chi connectivity index (χ0v) is 17.2. The molecular weight excluding hydrogens is 368 g/mol. The molecule has 0 radical (unpaired) electrons. The Hall–Kier alpha value is -1.03. The molecule has 0 aliphatic carbocycles. The molecule has 4 fully saturated rings. The number of hydrogen-bond acceptors (Lipinski definition) is 8. The van der Waals surface area contributed by atoms with Crippen molar-refractivity contribution in [2.24, 2.45) is 5.92 Å². The monoisotopic (exact) mass is 398 g/mol. The zero-order valence-electron chi connectivity index (χ0n) is 17.2. The Labute approximate surface area is 165 Å². The fraction of sp³-hybridized carbons (Fsp3) is 0.850. The van der Waals surface area contributed by atoms with Crippen molar-refractivity contribution in [2.45, 2.75) is 82.8 Å². The van der Waals surface area contributed by atoms with Crippen molar-refractivity contribution in [3.05, 3.63) is 12.2 Å². The van der Waals surface area contributed by atoms with Gasteiger partial charge in [-0.2, -0.15) is 0 Å². The largest absolute Gasteiger partial charge is 0.465 e. The van der Waals surface area contributed by atoms with Gasteiger partial charge in [0, 0.05) is 0 Å². The van der Waals surface area contributed by atoms with Crippen molar-refractivity contribution in [3.8, 4) is 0 Å². The Morgan fingerprint density at radius 2 is 1.82 bits per heavy atom. The number of fused-ring (bicyclic) bond motifs is 2. The number of carbonyl (C=O) groups excluding carboxylic acids is 1. The van der Waals surface area contributed by atoms with E-state index in [0.29, 0.717) is 25.2 Å². The van der Waals surface area contributed by atoms with Crippen molar-refractivity contribution in [1.82, 2.24) is 0 Å². The third kappa shape index (κ3) is 3.20. The van der Waals surface area contributed by atoms with E-state index >= 15 is 0 Å². The van der Waals surface area contributed by atoms with Crippen molar-refractivity contribution in [2.75, 3.05) is 19.8 Å². The fourth-order valence-electron chi connectivity index (χ4n) is 4.61. The molecule has 0 bridgehead atoms. The molecule has 8 heteroatoms. The number of hydrogen-bond donors (Lipinski definition) is 0. The van der Waals surface area contributed by atoms with Gasteiger partial charge in [0.2, 0.25) is 5.79 Å². The van der Waals surface area contributed by atoms with Crippen LogP contribution in [0.2, 0.25) is 0 Å². The van der Waals surface area contributed by atoms with E-state index in [1.807, 2.05) is 27.7 Å². The molecule has 0 aromatic rings. The first-order chi connectivity index (χ1) is 13.1. The summed E-state index contributed by atoms with van der Waals surface area (Å²) in [4.78, 5) is 12.9. The number of carbonyl (C=O) groups is 1. The minimum Gasteiger partial charge on any atom is -0.465 e. The molecule has 4 aliphatic rings. The first-order valence-corrected chi connectivity index (χ1v) is 9.92. The topological polar surface area (TPSA) is 81.7 Å². The van der Waals surface area contributed by atoms with E-state index < -0.39 is 47.6 Å². The summed E-state index contributed by atoms with van der Waals surface area (Å²) in [6.45, 7) is 14.2. The minimum absolute atomic E-state index is 0.257. The van der Waals surface area contributed by atoms with Crippen LogP contribution in [0.1, 0.15) is 41.0 Å². The lowest BCUT2D eigenvalue weighted by Gasteiger charge is -2.43. The molecule has 4 saturated heterocycles. The molecule has 0 aromatic heterocycles. The van der Waals surface area contributed by atoms with E-state index in [9.17, 15) is 4.79 Å². The molecule has 0 N–H and O–H groups in total. The summed E-state index contributed by atoms with van der Waals surface area (Å²) in [5.74, 6) is -4.15. The molecule has 0 aromatic carbocycles. The Kier molecular flexibility index (Phi) is 4.88. The van der Waals surface area contributed by atoms with Crippen molar-refractivity contribution >= 4 is 5.97 Å². The maximum absolute atomic E-state index is 12.9. The van der Waals surface area contributed by atoms with Crippen LogP contribution in [0.4, 0.5) is 0 Å². The lowest BCUT2D eigenvalue weighted by Crippen LogP contribution is -2.57. The van der Waals surface area contributed by atoms with Crippen LogP contribution in [0, 0.1) is 5.92 Å². The van der Waals surface area contributed by atoms with Crippen LogP contribution in [0.3, 0.4) is 0 Å². The van der Waals surface area contributed by atoms with Gasteiger partial charge < -0.3 is 33.2 Å². The molecule has 6 atom stereocenters. The number of ether oxygens (including phenoxy) is 7. The maximum atomic E-state index is 12.9. The van der Waals surface area contributed by atoms with E-state index in [2.05, 4.69) is 6.58 Å². The summed E-state index contributed by atoms with van der Waals surface area (Å²) in [6.07, 6.45) is -1.43. The Balaban J connectivity index is 1.71. The van der Waals surface area contributed by atoms with Crippen LogP contribution >= 0.6 is 0 Å². The zero-order chi connectivity index (χ0) is 20.3. The van der Waals surface area contributed by atoms with E-state index in [1.165, 1.54) is 0 Å². The lowest BCUT2D eigenvalue weighted by atomic mass is 9.83. The summed E-state index contributed by atoms with van der Waals surface area (Å²) in [5.41, 5.74) is 0.710. The van der Waals surface area contributed by atoms with E-state index in [4.69, 9.17) is 33.2 Å². The minimum atomic E-state index is -1.36. The molecule has 158 valence electrons. The van der Waals surface area contributed by atoms with Crippen LogP contribution in [-0.2, 0) is 38.0 Å². The van der Waals surface area contributed by atoms with Gasteiger partial charge in [0.05, 0.1) is 19.8 Å². The summed E-state index contributed by atoms with van der Waals surface area (Å²) < 4.78 is 42.0. The molecule has 4 aliphatic heterocycles. The molecule has 0 amide bonds. The van der Waals surface area contributed by atoms with Gasteiger partial charge in [-0.1, -0.05) is 12.2 Å². The third-order valence-corrected chi connectivity index (χ3v) is 5.65. The Morgan fingerprint density at radius 3 is 2.46 bits per heavy atom. The summed E-state index contributed by atoms with van der Waals surface area (Å²) in [7, 11) is 0. The highest BCUT2D eigenvalue weighted by molar-refractivity contribution is 5.77. The highest BCUT2D eigenvalue weighted by Crippen LogP contribution is 2.53. The van der Waals surface area contributed by atoms with Crippen LogP contribution < -0.4 is 0 Å². The smallest absolute Gasteiger partial charge is 0.318 e. The fourth-order valence-corrected chi connectivity index (χ4v) is 4.61. The van der Waals surface area contributed by atoms with Gasteiger partial charge in [-0.15, -0.1) is 0 Å². The SMILES string of the molecule is C=C1CCO[C@@]2(O[C@H]([C@H]3COC(C)(C)O3)[C@H]3OC(C)(C)O[C@H]32)[C@@H]1C(=O)OCC. The maximum Gasteiger partial charge on any atom is 0.318 e. The van der Waals surface area contributed by atoms with Gasteiger partial charge in [-0.05, 0) is 41.0 Å². The summed E-state index contributed by atoms with van der Waals surface area (Å²) >= 11 is 0. The van der Waals surface area contributed by atoms with E-state index in [-0.39, 0.29) is 12.7 Å². The van der Waals surface area contributed by atoms with Crippen LogP contribution in [-0.4, -0.2) is 67.6 Å². The molecule has 8 nitrogen and oxygen atoms in total. The normalized spacial score (nSPS) is 44.0. The molecule has 0 saturated carbocycles. The van der Waals surface area contributed by atoms with Crippen molar-refractivity contribution < 1.29 is 38.0 Å². The molecule has 1 spiro atoms. The average molecular weight is 398 g/mol. The quantitative estimate of drug-likeness (QED) is 0.527. The van der Waals surface area contributed by atoms with Gasteiger partial charge >= 0.3 is 5.97 Å². The van der Waals surface area contributed by atoms with E-state index in [0.717, 1.165) is 0 Å². The lowest BCUT2D eigenvalue weighted by molar-refractivity contribution is -0.322. The van der Waals surface area contributed by atoms with Gasteiger partial charge in [0.1, 0.15) is 30.3 Å². The average Bonchev–Trinajstić information content (AvgIpc) is 3.19. The summed E-state index contributed by atoms with van der Waals surface area (Å²) in [5, 5.41) is 0. The summed E-state index contributed by atoms with van der Waals surface area (Å²) in [6, 6.07) is 0. The predicted octanol–water partition coefficient (Wildman–Crippen LogP) is 1.91. The van der Waals surface area contributed by atoms with Crippen molar-refractivity contribution in [3.63, 3.8) is 0 Å². The molecule has 0 unspecified atom stereocenters. The standard InChI is InChI=1S/C20H30O8/c1-7-22-17(21)13-11(2)8-9-23-20(13)16-15(26-19(5,6)28-16)14(27-20)12-10-24-18(3,4)25-12/h12-16H,2,7-10H2,1,3-6H3/t12-,13+,14-,15-,16-,20-/m1/s1. The second-order valence-corrected chi connectivity index (χ2v) is 8.63. The Morgan fingerprint density at radius 1 is 1.07 bits per heavy atom. The molecule has 28 heavy (non-hydrogen) atoms. The second kappa shape index (κ2) is 6.75. The van der Waals surface area contributed by atoms with Crippen molar-refractivity contribution in [1.29, 1.82) is 0 Å². The van der Waals surface area contributed by atoms with Crippen LogP contribution in [0.25, 0.3) is 0 Å². The highest BCUT2D eigenvalue weighted by atomic mass is 16.8. The molecule has 4 heterocycles. The molecular formula is C20H30O8. The third-order valence-electron chi connectivity index (χ3n) is 5.65. The van der Waals surface area contributed by atoms with Gasteiger partial charge in [-0.3, -0.25) is 4.79 Å². The van der Waals surface area contributed by atoms with Gasteiger partial charge in [0.25, 0.3) is 0 Å². The van der Waals surface area contributed by atoms with Gasteiger partial charge in [0.15, 0.2) is 11.6 Å². The molecule has 4 rings (SSSR count). The first kappa shape index (κ1) is 20.3. The Bertz CT molecular complexity index is 659. The second-order valence-electron chi connectivity index (χ2n) is 8.63. The van der Waals surface area contributed by atoms with Gasteiger partial charge in [-0.25, -0.2) is 0 Å². The number of esters is 1. The first-order valence-electron chi connectivity index (χ1n) is 9.92. The number of rotatable bonds is 3.